The second-order valence-electron chi connectivity index (χ2n) is 8.19. The predicted octanol–water partition coefficient (Wildman–Crippen LogP) is 4.22. The van der Waals surface area contributed by atoms with Crippen LogP contribution in [0.4, 0.5) is 0 Å². The van der Waals surface area contributed by atoms with E-state index in [1.807, 2.05) is 78.8 Å². The number of aryl methyl sites for hydroxylation is 2. The first-order valence-corrected chi connectivity index (χ1v) is 9.46. The highest BCUT2D eigenvalue weighted by Gasteiger charge is 2.52. The standard InChI is InChI=1S/C14H19BO3.C9H10O/c1-10-7-6-8-11(9-16)12(10)15-17-13(2,3)14(4,5)18-15;1-7-4-3-5-9(6-10)8(7)2/h6-9H,1-5H3;3-6H,1-2H3. The van der Waals surface area contributed by atoms with Crippen molar-refractivity contribution in [2.75, 3.05) is 0 Å². The summed E-state index contributed by atoms with van der Waals surface area (Å²) < 4.78 is 12.0. The topological polar surface area (TPSA) is 52.6 Å². The molecule has 1 aliphatic rings. The van der Waals surface area contributed by atoms with Crippen molar-refractivity contribution in [1.29, 1.82) is 0 Å². The minimum absolute atomic E-state index is 0.389. The van der Waals surface area contributed by atoms with Gasteiger partial charge in [-0.15, -0.1) is 0 Å². The first kappa shape index (κ1) is 22.1. The Labute approximate surface area is 168 Å². The average molecular weight is 380 g/mol. The molecule has 0 spiro atoms. The lowest BCUT2D eigenvalue weighted by atomic mass is 9.73. The highest BCUT2D eigenvalue weighted by atomic mass is 16.7. The molecule has 1 heterocycles. The Balaban J connectivity index is 0.000000237. The third-order valence-electron chi connectivity index (χ3n) is 5.75. The molecule has 0 unspecified atom stereocenters. The van der Waals surface area contributed by atoms with Crippen LogP contribution in [0.15, 0.2) is 36.4 Å². The van der Waals surface area contributed by atoms with Crippen molar-refractivity contribution in [3.63, 3.8) is 0 Å². The van der Waals surface area contributed by atoms with E-state index < -0.39 is 7.12 Å². The Hall–Kier alpha value is -2.24. The number of aldehydes is 2. The van der Waals surface area contributed by atoms with Crippen LogP contribution in [0.1, 0.15) is 65.1 Å². The molecule has 148 valence electrons. The van der Waals surface area contributed by atoms with Gasteiger partial charge in [-0.3, -0.25) is 9.59 Å². The molecule has 1 aliphatic heterocycles. The van der Waals surface area contributed by atoms with Crippen LogP contribution in [-0.2, 0) is 9.31 Å². The zero-order valence-corrected chi connectivity index (χ0v) is 17.8. The van der Waals surface area contributed by atoms with Gasteiger partial charge < -0.3 is 9.31 Å². The SMILES string of the molecule is Cc1cccc(C=O)c1B1OC(C)(C)C(C)(C)O1.Cc1cccc(C=O)c1C. The van der Waals surface area contributed by atoms with Gasteiger partial charge in [-0.25, -0.2) is 0 Å². The Morgan fingerprint density at radius 1 is 0.750 bits per heavy atom. The molecular formula is C23H29BO4. The van der Waals surface area contributed by atoms with Gasteiger partial charge in [-0.05, 0) is 65.1 Å². The zero-order chi connectivity index (χ0) is 21.1. The van der Waals surface area contributed by atoms with Crippen LogP contribution in [0.5, 0.6) is 0 Å². The summed E-state index contributed by atoms with van der Waals surface area (Å²) in [4.78, 5) is 21.5. The molecule has 1 fully saturated rings. The Morgan fingerprint density at radius 2 is 1.21 bits per heavy atom. The smallest absolute Gasteiger partial charge is 0.399 e. The van der Waals surface area contributed by atoms with E-state index in [2.05, 4.69) is 0 Å². The summed E-state index contributed by atoms with van der Waals surface area (Å²) in [5, 5.41) is 0. The van der Waals surface area contributed by atoms with Gasteiger partial charge in [-0.2, -0.15) is 0 Å². The van der Waals surface area contributed by atoms with Gasteiger partial charge >= 0.3 is 7.12 Å². The van der Waals surface area contributed by atoms with E-state index >= 15 is 0 Å². The molecule has 5 heteroatoms. The van der Waals surface area contributed by atoms with E-state index in [9.17, 15) is 9.59 Å². The van der Waals surface area contributed by atoms with E-state index in [4.69, 9.17) is 9.31 Å². The maximum absolute atomic E-state index is 11.1. The van der Waals surface area contributed by atoms with Crippen molar-refractivity contribution >= 4 is 25.2 Å². The van der Waals surface area contributed by atoms with Crippen LogP contribution in [0.25, 0.3) is 0 Å². The predicted molar refractivity (Wildman–Crippen MR) is 114 cm³/mol. The molecule has 0 atom stereocenters. The molecule has 2 aromatic carbocycles. The van der Waals surface area contributed by atoms with Gasteiger partial charge in [0.25, 0.3) is 0 Å². The summed E-state index contributed by atoms with van der Waals surface area (Å²) in [6.45, 7) is 13.9. The molecule has 0 bridgehead atoms. The van der Waals surface area contributed by atoms with Gasteiger partial charge in [0, 0.05) is 11.1 Å². The fourth-order valence-corrected chi connectivity index (χ4v) is 2.99. The van der Waals surface area contributed by atoms with Crippen LogP contribution >= 0.6 is 0 Å². The Bertz CT molecular complexity index is 855. The summed E-state index contributed by atoms with van der Waals surface area (Å²) in [7, 11) is -0.476. The average Bonchev–Trinajstić information content (AvgIpc) is 2.84. The molecule has 0 N–H and O–H groups in total. The lowest BCUT2D eigenvalue weighted by Gasteiger charge is -2.32. The quantitative estimate of drug-likeness (QED) is 0.591. The molecule has 28 heavy (non-hydrogen) atoms. The third kappa shape index (κ3) is 4.42. The summed E-state index contributed by atoms with van der Waals surface area (Å²) in [6.07, 6.45) is 1.75. The molecular weight excluding hydrogens is 351 g/mol. The minimum Gasteiger partial charge on any atom is -0.399 e. The van der Waals surface area contributed by atoms with Crippen molar-refractivity contribution in [2.24, 2.45) is 0 Å². The molecule has 2 aromatic rings. The lowest BCUT2D eigenvalue weighted by Crippen LogP contribution is -2.41. The van der Waals surface area contributed by atoms with Gasteiger partial charge in [0.1, 0.15) is 12.6 Å². The summed E-state index contributed by atoms with van der Waals surface area (Å²) in [5.74, 6) is 0. The van der Waals surface area contributed by atoms with Crippen LogP contribution in [0.2, 0.25) is 0 Å². The molecule has 0 aromatic heterocycles. The molecule has 0 aliphatic carbocycles. The van der Waals surface area contributed by atoms with Gasteiger partial charge in [0.2, 0.25) is 0 Å². The fraction of sp³-hybridized carbons (Fsp3) is 0.391. The number of hydrogen-bond acceptors (Lipinski definition) is 4. The zero-order valence-electron chi connectivity index (χ0n) is 17.8. The summed E-state index contributed by atoms with van der Waals surface area (Å²) in [6, 6.07) is 11.4. The van der Waals surface area contributed by atoms with Crippen LogP contribution in [-0.4, -0.2) is 30.9 Å². The number of carbonyl (C=O) groups excluding carboxylic acids is 2. The summed E-state index contributed by atoms with van der Waals surface area (Å²) in [5.41, 5.74) is 4.75. The van der Waals surface area contributed by atoms with Crippen LogP contribution in [0, 0.1) is 20.8 Å². The summed E-state index contributed by atoms with van der Waals surface area (Å²) >= 11 is 0. The maximum atomic E-state index is 11.1. The van der Waals surface area contributed by atoms with E-state index in [0.717, 1.165) is 34.7 Å². The van der Waals surface area contributed by atoms with E-state index in [-0.39, 0.29) is 11.2 Å². The molecule has 1 saturated heterocycles. The largest absolute Gasteiger partial charge is 0.495 e. The molecule has 0 saturated carbocycles. The van der Waals surface area contributed by atoms with Gasteiger partial charge in [-0.1, -0.05) is 42.0 Å². The number of hydrogen-bond donors (Lipinski definition) is 0. The molecule has 0 radical (unpaired) electrons. The monoisotopic (exact) mass is 380 g/mol. The van der Waals surface area contributed by atoms with Crippen LogP contribution < -0.4 is 5.46 Å². The highest BCUT2D eigenvalue weighted by Crippen LogP contribution is 2.36. The second kappa shape index (κ2) is 8.42. The van der Waals surface area contributed by atoms with Crippen LogP contribution in [0.3, 0.4) is 0 Å². The minimum atomic E-state index is -0.476. The number of rotatable bonds is 3. The highest BCUT2D eigenvalue weighted by molar-refractivity contribution is 6.64. The van der Waals surface area contributed by atoms with Crippen molar-refractivity contribution in [3.8, 4) is 0 Å². The van der Waals surface area contributed by atoms with Crippen molar-refractivity contribution in [3.05, 3.63) is 64.2 Å². The number of carbonyl (C=O) groups is 2. The molecule has 4 nitrogen and oxygen atoms in total. The van der Waals surface area contributed by atoms with E-state index in [0.29, 0.717) is 5.56 Å². The van der Waals surface area contributed by atoms with Crippen molar-refractivity contribution in [1.82, 2.24) is 0 Å². The second-order valence-corrected chi connectivity index (χ2v) is 8.19. The van der Waals surface area contributed by atoms with E-state index in [1.165, 1.54) is 5.56 Å². The first-order chi connectivity index (χ1) is 13.0. The lowest BCUT2D eigenvalue weighted by molar-refractivity contribution is 0.00578. The Kier molecular flexibility index (Phi) is 6.63. The van der Waals surface area contributed by atoms with Crippen molar-refractivity contribution < 1.29 is 18.9 Å². The number of benzene rings is 2. The normalized spacial score (nSPS) is 16.9. The molecule has 0 amide bonds. The molecule has 3 rings (SSSR count). The first-order valence-electron chi connectivity index (χ1n) is 9.46. The maximum Gasteiger partial charge on any atom is 0.495 e. The van der Waals surface area contributed by atoms with Gasteiger partial charge in [0.05, 0.1) is 11.2 Å². The van der Waals surface area contributed by atoms with Gasteiger partial charge in [0.15, 0.2) is 0 Å². The Morgan fingerprint density at radius 3 is 1.68 bits per heavy atom. The van der Waals surface area contributed by atoms with E-state index in [1.54, 1.807) is 6.07 Å². The van der Waals surface area contributed by atoms with Crippen molar-refractivity contribution in [2.45, 2.75) is 59.7 Å². The fourth-order valence-electron chi connectivity index (χ4n) is 2.99. The third-order valence-corrected chi connectivity index (χ3v) is 5.75.